The Morgan fingerprint density at radius 3 is 2.22 bits per heavy atom. The van der Waals surface area contributed by atoms with Gasteiger partial charge in [0.05, 0.1) is 24.8 Å². The van der Waals surface area contributed by atoms with Gasteiger partial charge in [0.15, 0.2) is 5.78 Å². The molecule has 3 aromatic rings. The summed E-state index contributed by atoms with van der Waals surface area (Å²) in [6.45, 7) is 8.96. The lowest BCUT2D eigenvalue weighted by molar-refractivity contribution is -0.142. The number of epoxide rings is 1. The predicted octanol–water partition coefficient (Wildman–Crippen LogP) is 2.87. The number of amides is 4. The standard InChI is InChI=1S/C40H49N5O9/c1-24(2)18-31(36(48)40(5)23-52-40)42-38(50)33(20-28-14-10-7-11-15-28)45-25(3)19-32(39(45)51)43-37(49)30(17-16-27-12-8-6-9-13-27)41-34(47)21-29-22-35(54-44-29)53-26(4)46/h6-15,22,24-25,30-33H,16-21,23H2,1-5H3,(H,41,47)(H,42,50)(H,43,49)/t25?,30-,31-,32-,33-,40?/m0/s1. The lowest BCUT2D eigenvalue weighted by atomic mass is 9.92. The van der Waals surface area contributed by atoms with Crippen molar-refractivity contribution in [3.8, 4) is 5.95 Å². The van der Waals surface area contributed by atoms with E-state index in [0.717, 1.165) is 11.1 Å². The van der Waals surface area contributed by atoms with Crippen LogP contribution in [0.25, 0.3) is 0 Å². The fourth-order valence-electron chi connectivity index (χ4n) is 6.75. The first-order valence-electron chi connectivity index (χ1n) is 18.3. The van der Waals surface area contributed by atoms with Crippen molar-refractivity contribution < 1.29 is 42.8 Å². The molecule has 2 aromatic carbocycles. The topological polar surface area (TPSA) is 190 Å². The Labute approximate surface area is 314 Å². The maximum atomic E-state index is 14.2. The van der Waals surface area contributed by atoms with Crippen LogP contribution in [0.2, 0.25) is 0 Å². The molecule has 0 aliphatic carbocycles. The van der Waals surface area contributed by atoms with E-state index in [4.69, 9.17) is 14.0 Å². The molecule has 2 unspecified atom stereocenters. The van der Waals surface area contributed by atoms with Crippen LogP contribution < -0.4 is 20.7 Å². The summed E-state index contributed by atoms with van der Waals surface area (Å²) in [6.07, 6.45) is 1.25. The van der Waals surface area contributed by atoms with Crippen LogP contribution in [0.5, 0.6) is 5.95 Å². The molecular weight excluding hydrogens is 694 g/mol. The molecule has 54 heavy (non-hydrogen) atoms. The number of ether oxygens (including phenoxy) is 2. The fourth-order valence-corrected chi connectivity index (χ4v) is 6.75. The fraction of sp³-hybridized carbons (Fsp3) is 0.475. The van der Waals surface area contributed by atoms with Gasteiger partial charge in [0.25, 0.3) is 0 Å². The molecule has 2 fully saturated rings. The molecule has 288 valence electrons. The number of carbonyl (C=O) groups is 6. The molecule has 0 radical (unpaired) electrons. The highest BCUT2D eigenvalue weighted by molar-refractivity contribution is 5.99. The third-order valence-corrected chi connectivity index (χ3v) is 9.61. The summed E-state index contributed by atoms with van der Waals surface area (Å²) in [6, 6.07) is 15.9. The van der Waals surface area contributed by atoms with Crippen LogP contribution in [0, 0.1) is 5.92 Å². The van der Waals surface area contributed by atoms with Gasteiger partial charge in [0.2, 0.25) is 23.6 Å². The molecule has 3 N–H and O–H groups in total. The zero-order chi connectivity index (χ0) is 39.0. The van der Waals surface area contributed by atoms with Gasteiger partial charge >= 0.3 is 11.9 Å². The Hall–Kier alpha value is -5.37. The molecule has 3 heterocycles. The van der Waals surface area contributed by atoms with Crippen molar-refractivity contribution in [2.45, 2.75) is 109 Å². The SMILES string of the molecule is CC(=O)Oc1cc(CC(=O)N[C@@H](CCc2ccccc2)C(=O)N[C@H]2CC(C)N([C@@H](Cc3ccccc3)C(=O)N[C@@H](CC(C)C)C(=O)C3(C)CO3)C2=O)no1. The summed E-state index contributed by atoms with van der Waals surface area (Å²) in [5, 5.41) is 12.3. The van der Waals surface area contributed by atoms with E-state index in [9.17, 15) is 28.8 Å². The number of nitrogens with zero attached hydrogens (tertiary/aromatic N) is 2. The second kappa shape index (κ2) is 17.6. The van der Waals surface area contributed by atoms with Crippen LogP contribution in [0.4, 0.5) is 0 Å². The van der Waals surface area contributed by atoms with Gasteiger partial charge in [-0.3, -0.25) is 28.8 Å². The van der Waals surface area contributed by atoms with E-state index in [0.29, 0.717) is 12.8 Å². The van der Waals surface area contributed by atoms with E-state index < -0.39 is 65.4 Å². The number of aromatic nitrogens is 1. The Morgan fingerprint density at radius 1 is 0.963 bits per heavy atom. The number of hydrogen-bond acceptors (Lipinski definition) is 10. The lowest BCUT2D eigenvalue weighted by Crippen LogP contribution is -2.57. The summed E-state index contributed by atoms with van der Waals surface area (Å²) < 4.78 is 15.2. The molecule has 4 amide bonds. The molecule has 0 bridgehead atoms. The Morgan fingerprint density at radius 2 is 1.61 bits per heavy atom. The summed E-state index contributed by atoms with van der Waals surface area (Å²) in [5.41, 5.74) is 1.03. The third kappa shape index (κ3) is 10.6. The zero-order valence-corrected chi connectivity index (χ0v) is 31.3. The van der Waals surface area contributed by atoms with Crippen LogP contribution in [0.1, 0.15) is 70.7 Å². The van der Waals surface area contributed by atoms with Gasteiger partial charge in [-0.15, -0.1) is 0 Å². The van der Waals surface area contributed by atoms with Gasteiger partial charge in [-0.25, -0.2) is 0 Å². The van der Waals surface area contributed by atoms with Crippen LogP contribution in [0.3, 0.4) is 0 Å². The van der Waals surface area contributed by atoms with Crippen LogP contribution in [-0.2, 0) is 52.8 Å². The first-order chi connectivity index (χ1) is 25.7. The number of ketones is 1. The van der Waals surface area contributed by atoms with Crippen molar-refractivity contribution in [1.29, 1.82) is 0 Å². The average Bonchev–Trinajstić information content (AvgIpc) is 3.64. The molecular formula is C40H49N5O9. The van der Waals surface area contributed by atoms with Gasteiger partial charge < -0.3 is 34.8 Å². The molecule has 14 nitrogen and oxygen atoms in total. The number of carbonyl (C=O) groups excluding carboxylic acids is 6. The molecule has 5 rings (SSSR count). The van der Waals surface area contributed by atoms with Crippen molar-refractivity contribution in [1.82, 2.24) is 26.0 Å². The zero-order valence-electron chi connectivity index (χ0n) is 31.3. The molecule has 2 aliphatic heterocycles. The van der Waals surface area contributed by atoms with Gasteiger partial charge in [-0.2, -0.15) is 0 Å². The number of esters is 1. The van der Waals surface area contributed by atoms with Gasteiger partial charge in [0.1, 0.15) is 23.7 Å². The Kier molecular flexibility index (Phi) is 13.0. The number of hydrogen-bond donors (Lipinski definition) is 3. The number of Topliss-reactive ketones (excluding diaryl/α,β-unsaturated/α-hetero) is 1. The van der Waals surface area contributed by atoms with Crippen molar-refractivity contribution in [2.24, 2.45) is 5.92 Å². The molecule has 0 spiro atoms. The largest absolute Gasteiger partial charge is 0.391 e. The van der Waals surface area contributed by atoms with Crippen LogP contribution >= 0.6 is 0 Å². The molecule has 6 atom stereocenters. The maximum absolute atomic E-state index is 14.2. The predicted molar refractivity (Wildman–Crippen MR) is 196 cm³/mol. The second-order valence-electron chi connectivity index (χ2n) is 14.7. The minimum absolute atomic E-state index is 0.102. The highest BCUT2D eigenvalue weighted by Gasteiger charge is 2.51. The van der Waals surface area contributed by atoms with Gasteiger partial charge in [0, 0.05) is 25.5 Å². The third-order valence-electron chi connectivity index (χ3n) is 9.61. The highest BCUT2D eigenvalue weighted by atomic mass is 16.6. The Bertz CT molecular complexity index is 1810. The summed E-state index contributed by atoms with van der Waals surface area (Å²) >= 11 is 0. The van der Waals surface area contributed by atoms with E-state index in [1.54, 1.807) is 6.92 Å². The average molecular weight is 744 g/mol. The molecule has 1 aromatic heterocycles. The monoisotopic (exact) mass is 743 g/mol. The number of benzene rings is 2. The molecule has 0 saturated carbocycles. The van der Waals surface area contributed by atoms with E-state index in [2.05, 4.69) is 21.1 Å². The lowest BCUT2D eigenvalue weighted by Gasteiger charge is -2.33. The highest BCUT2D eigenvalue weighted by Crippen LogP contribution is 2.30. The van der Waals surface area contributed by atoms with Gasteiger partial charge in [-0.1, -0.05) is 79.7 Å². The number of aryl methyl sites for hydroxylation is 1. The van der Waals surface area contributed by atoms with Crippen molar-refractivity contribution >= 4 is 35.4 Å². The van der Waals surface area contributed by atoms with Gasteiger partial charge in [-0.05, 0) is 56.6 Å². The molecule has 2 saturated heterocycles. The van der Waals surface area contributed by atoms with E-state index in [-0.39, 0.29) is 55.6 Å². The second-order valence-corrected chi connectivity index (χ2v) is 14.7. The number of likely N-dealkylation sites (tertiary alicyclic amines) is 1. The first kappa shape index (κ1) is 39.8. The summed E-state index contributed by atoms with van der Waals surface area (Å²) in [5.74, 6) is -2.86. The molecule has 14 heteroatoms. The summed E-state index contributed by atoms with van der Waals surface area (Å²) in [7, 11) is 0. The minimum Gasteiger partial charge on any atom is -0.391 e. The minimum atomic E-state index is -1.02. The van der Waals surface area contributed by atoms with Crippen molar-refractivity contribution in [3.63, 3.8) is 0 Å². The summed E-state index contributed by atoms with van der Waals surface area (Å²) in [4.78, 5) is 81.6. The number of rotatable bonds is 18. The quantitative estimate of drug-likeness (QED) is 0.129. The van der Waals surface area contributed by atoms with E-state index in [1.165, 1.54) is 17.9 Å². The first-order valence-corrected chi connectivity index (χ1v) is 18.3. The van der Waals surface area contributed by atoms with E-state index >= 15 is 0 Å². The maximum Gasteiger partial charge on any atom is 0.319 e. The van der Waals surface area contributed by atoms with Crippen molar-refractivity contribution in [3.05, 3.63) is 83.6 Å². The normalized spacial score (nSPS) is 20.9. The van der Waals surface area contributed by atoms with Crippen LogP contribution in [-0.4, -0.2) is 87.9 Å². The number of nitrogens with one attached hydrogen (secondary N) is 3. The van der Waals surface area contributed by atoms with E-state index in [1.807, 2.05) is 81.4 Å². The smallest absolute Gasteiger partial charge is 0.319 e. The molecule has 2 aliphatic rings. The Balaban J connectivity index is 1.32. The van der Waals surface area contributed by atoms with Crippen LogP contribution in [0.15, 0.2) is 71.3 Å². The van der Waals surface area contributed by atoms with Crippen molar-refractivity contribution in [2.75, 3.05) is 6.61 Å².